The molecule has 3 aliphatic rings. The lowest BCUT2D eigenvalue weighted by Gasteiger charge is -2.31. The fourth-order valence-electron chi connectivity index (χ4n) is 4.59. The molecule has 1 saturated carbocycles. The van der Waals surface area contributed by atoms with E-state index in [1.807, 2.05) is 17.0 Å². The summed E-state index contributed by atoms with van der Waals surface area (Å²) in [4.78, 5) is 21.6. The standard InChI is InChI=1S/C19H28N4O/c1-13-6-8-22(9-7-13)18-5-3-14(10-21-18)19(24)23-11-15-2-4-17(20)16(15)12-23/h3,5,10,13,15-17H,2,4,6-9,11-12,20H2,1H3. The maximum absolute atomic E-state index is 12.7. The minimum absolute atomic E-state index is 0.114. The van der Waals surface area contributed by atoms with Crippen molar-refractivity contribution in [3.8, 4) is 0 Å². The summed E-state index contributed by atoms with van der Waals surface area (Å²) >= 11 is 0. The Bertz CT molecular complexity index is 594. The largest absolute Gasteiger partial charge is 0.357 e. The second kappa shape index (κ2) is 6.36. The summed E-state index contributed by atoms with van der Waals surface area (Å²) in [5, 5.41) is 0. The number of rotatable bonds is 2. The lowest BCUT2D eigenvalue weighted by Crippen LogP contribution is -2.34. The van der Waals surface area contributed by atoms with Crippen LogP contribution in [0.3, 0.4) is 0 Å². The summed E-state index contributed by atoms with van der Waals surface area (Å²) in [6.07, 6.45) is 6.48. The topological polar surface area (TPSA) is 62.5 Å². The number of carbonyl (C=O) groups excluding carboxylic acids is 1. The average Bonchev–Trinajstić information content (AvgIpc) is 3.18. The molecule has 3 heterocycles. The fourth-order valence-corrected chi connectivity index (χ4v) is 4.59. The molecule has 4 rings (SSSR count). The van der Waals surface area contributed by atoms with Gasteiger partial charge in [-0.2, -0.15) is 0 Å². The molecular formula is C19H28N4O. The highest BCUT2D eigenvalue weighted by Gasteiger charge is 2.42. The van der Waals surface area contributed by atoms with E-state index in [9.17, 15) is 4.79 Å². The van der Waals surface area contributed by atoms with Gasteiger partial charge in [0.15, 0.2) is 0 Å². The number of nitrogens with two attached hydrogens (primary N) is 1. The number of likely N-dealkylation sites (tertiary alicyclic amines) is 1. The molecule has 0 bridgehead atoms. The molecule has 0 radical (unpaired) electrons. The summed E-state index contributed by atoms with van der Waals surface area (Å²) in [6, 6.07) is 4.22. The SMILES string of the molecule is CC1CCN(c2ccc(C(=O)N3CC4CCC(N)C4C3)cn2)CC1. The van der Waals surface area contributed by atoms with Gasteiger partial charge in [-0.25, -0.2) is 4.98 Å². The van der Waals surface area contributed by atoms with Crippen LogP contribution in [0.4, 0.5) is 5.82 Å². The van der Waals surface area contributed by atoms with Crippen molar-refractivity contribution in [1.29, 1.82) is 0 Å². The number of aromatic nitrogens is 1. The van der Waals surface area contributed by atoms with Gasteiger partial charge in [0, 0.05) is 38.4 Å². The number of fused-ring (bicyclic) bond motifs is 1. The van der Waals surface area contributed by atoms with Crippen LogP contribution >= 0.6 is 0 Å². The normalized spacial score (nSPS) is 30.7. The highest BCUT2D eigenvalue weighted by Crippen LogP contribution is 2.37. The molecule has 3 atom stereocenters. The van der Waals surface area contributed by atoms with Crippen LogP contribution in [0.15, 0.2) is 18.3 Å². The van der Waals surface area contributed by atoms with Gasteiger partial charge in [-0.1, -0.05) is 6.92 Å². The van der Waals surface area contributed by atoms with Crippen LogP contribution < -0.4 is 10.6 Å². The molecule has 1 aromatic rings. The monoisotopic (exact) mass is 328 g/mol. The minimum Gasteiger partial charge on any atom is -0.357 e. The van der Waals surface area contributed by atoms with Gasteiger partial charge in [-0.05, 0) is 55.6 Å². The van der Waals surface area contributed by atoms with E-state index in [2.05, 4.69) is 16.8 Å². The van der Waals surface area contributed by atoms with E-state index in [1.165, 1.54) is 19.3 Å². The molecule has 3 unspecified atom stereocenters. The Morgan fingerprint density at radius 1 is 1.17 bits per heavy atom. The number of hydrogen-bond donors (Lipinski definition) is 1. The number of anilines is 1. The third-order valence-electron chi connectivity index (χ3n) is 6.30. The molecule has 0 spiro atoms. The van der Waals surface area contributed by atoms with E-state index in [1.54, 1.807) is 6.20 Å². The smallest absolute Gasteiger partial charge is 0.255 e. The fraction of sp³-hybridized carbons (Fsp3) is 0.684. The van der Waals surface area contributed by atoms with Gasteiger partial charge in [0.25, 0.3) is 5.91 Å². The Morgan fingerprint density at radius 2 is 1.96 bits per heavy atom. The number of amides is 1. The summed E-state index contributed by atoms with van der Waals surface area (Å²) in [7, 11) is 0. The first-order valence-corrected chi connectivity index (χ1v) is 9.37. The first-order valence-electron chi connectivity index (χ1n) is 9.37. The maximum Gasteiger partial charge on any atom is 0.255 e. The Labute approximate surface area is 144 Å². The third kappa shape index (κ3) is 2.90. The molecule has 2 aliphatic heterocycles. The highest BCUT2D eigenvalue weighted by molar-refractivity contribution is 5.94. The van der Waals surface area contributed by atoms with Gasteiger partial charge in [-0.15, -0.1) is 0 Å². The molecule has 1 aromatic heterocycles. The van der Waals surface area contributed by atoms with Crippen LogP contribution in [0, 0.1) is 17.8 Å². The molecule has 1 aliphatic carbocycles. The zero-order chi connectivity index (χ0) is 16.7. The predicted octanol–water partition coefficient (Wildman–Crippen LogP) is 2.13. The minimum atomic E-state index is 0.114. The number of nitrogens with zero attached hydrogens (tertiary/aromatic N) is 3. The third-order valence-corrected chi connectivity index (χ3v) is 6.30. The summed E-state index contributed by atoms with van der Waals surface area (Å²) < 4.78 is 0. The van der Waals surface area contributed by atoms with Gasteiger partial charge in [-0.3, -0.25) is 4.79 Å². The zero-order valence-corrected chi connectivity index (χ0v) is 14.5. The van der Waals surface area contributed by atoms with Gasteiger partial charge in [0.05, 0.1) is 5.56 Å². The van der Waals surface area contributed by atoms with Crippen LogP contribution in [-0.4, -0.2) is 48.0 Å². The molecular weight excluding hydrogens is 300 g/mol. The van der Waals surface area contributed by atoms with E-state index in [0.29, 0.717) is 17.4 Å². The van der Waals surface area contributed by atoms with Crippen molar-refractivity contribution >= 4 is 11.7 Å². The Hall–Kier alpha value is -1.62. The number of pyridine rings is 1. The molecule has 3 fully saturated rings. The molecule has 0 aromatic carbocycles. The van der Waals surface area contributed by atoms with E-state index in [0.717, 1.165) is 44.3 Å². The van der Waals surface area contributed by atoms with E-state index < -0.39 is 0 Å². The summed E-state index contributed by atoms with van der Waals surface area (Å²) in [6.45, 7) is 6.12. The quantitative estimate of drug-likeness (QED) is 0.903. The van der Waals surface area contributed by atoms with E-state index >= 15 is 0 Å². The van der Waals surface area contributed by atoms with Crippen molar-refractivity contribution < 1.29 is 4.79 Å². The first-order chi connectivity index (χ1) is 11.6. The van der Waals surface area contributed by atoms with Crippen LogP contribution in [0.2, 0.25) is 0 Å². The summed E-state index contributed by atoms with van der Waals surface area (Å²) in [5.41, 5.74) is 6.88. The van der Waals surface area contributed by atoms with Crippen molar-refractivity contribution in [2.45, 2.75) is 38.6 Å². The van der Waals surface area contributed by atoms with Crippen LogP contribution in [0.5, 0.6) is 0 Å². The van der Waals surface area contributed by atoms with Crippen LogP contribution in [0.25, 0.3) is 0 Å². The van der Waals surface area contributed by atoms with Crippen molar-refractivity contribution in [1.82, 2.24) is 9.88 Å². The molecule has 1 amide bonds. The average molecular weight is 328 g/mol. The van der Waals surface area contributed by atoms with Crippen molar-refractivity contribution in [3.63, 3.8) is 0 Å². The first kappa shape index (κ1) is 15.9. The molecule has 24 heavy (non-hydrogen) atoms. The van der Waals surface area contributed by atoms with Crippen molar-refractivity contribution in [2.75, 3.05) is 31.1 Å². The van der Waals surface area contributed by atoms with E-state index in [4.69, 9.17) is 5.73 Å². The molecule has 2 saturated heterocycles. The predicted molar refractivity (Wildman–Crippen MR) is 94.9 cm³/mol. The Balaban J connectivity index is 1.41. The second-order valence-electron chi connectivity index (χ2n) is 7.95. The van der Waals surface area contributed by atoms with Gasteiger partial charge >= 0.3 is 0 Å². The highest BCUT2D eigenvalue weighted by atomic mass is 16.2. The molecule has 130 valence electrons. The van der Waals surface area contributed by atoms with Crippen LogP contribution in [0.1, 0.15) is 43.0 Å². The number of carbonyl (C=O) groups is 1. The molecule has 2 N–H and O–H groups in total. The van der Waals surface area contributed by atoms with Gasteiger partial charge in [0.1, 0.15) is 5.82 Å². The summed E-state index contributed by atoms with van der Waals surface area (Å²) in [5.74, 6) is 3.02. The van der Waals surface area contributed by atoms with E-state index in [-0.39, 0.29) is 11.9 Å². The number of piperidine rings is 1. The molecule has 5 nitrogen and oxygen atoms in total. The van der Waals surface area contributed by atoms with Crippen molar-refractivity contribution in [2.24, 2.45) is 23.5 Å². The molecule has 5 heteroatoms. The Morgan fingerprint density at radius 3 is 2.62 bits per heavy atom. The van der Waals surface area contributed by atoms with Gasteiger partial charge < -0.3 is 15.5 Å². The zero-order valence-electron chi connectivity index (χ0n) is 14.5. The maximum atomic E-state index is 12.7. The van der Waals surface area contributed by atoms with Crippen LogP contribution in [-0.2, 0) is 0 Å². The number of hydrogen-bond acceptors (Lipinski definition) is 4. The second-order valence-corrected chi connectivity index (χ2v) is 7.95. The Kier molecular flexibility index (Phi) is 4.21. The lowest BCUT2D eigenvalue weighted by atomic mass is 9.98. The van der Waals surface area contributed by atoms with Gasteiger partial charge in [0.2, 0.25) is 0 Å². The lowest BCUT2D eigenvalue weighted by molar-refractivity contribution is 0.0779. The van der Waals surface area contributed by atoms with Crippen molar-refractivity contribution in [3.05, 3.63) is 23.9 Å².